The Hall–Kier alpha value is -0.820. The van der Waals surface area contributed by atoms with Crippen LogP contribution in [-0.2, 0) is 5.41 Å². The summed E-state index contributed by atoms with van der Waals surface area (Å²) in [5, 5.41) is 9.36. The summed E-state index contributed by atoms with van der Waals surface area (Å²) in [6, 6.07) is 8.95. The fraction of sp³-hybridized carbons (Fsp3) is 0.625. The largest absolute Gasteiger partial charge is 0.396 e. The van der Waals surface area contributed by atoms with E-state index in [4.69, 9.17) is 0 Å². The minimum absolute atomic E-state index is 0.216. The molecule has 0 bridgehead atoms. The summed E-state index contributed by atoms with van der Waals surface area (Å²) >= 11 is 0. The van der Waals surface area contributed by atoms with Gasteiger partial charge in [-0.2, -0.15) is 0 Å². The second kappa shape index (κ2) is 3.84. The topological polar surface area (TPSA) is 20.2 Å². The Kier molecular flexibility index (Phi) is 2.86. The molecule has 2 atom stereocenters. The zero-order chi connectivity index (χ0) is 12.8. The van der Waals surface area contributed by atoms with Crippen LogP contribution in [0.3, 0.4) is 0 Å². The van der Waals surface area contributed by atoms with Gasteiger partial charge in [-0.25, -0.2) is 0 Å². The summed E-state index contributed by atoms with van der Waals surface area (Å²) in [4.78, 5) is 0. The lowest BCUT2D eigenvalue weighted by Crippen LogP contribution is -2.10. The van der Waals surface area contributed by atoms with Gasteiger partial charge < -0.3 is 5.11 Å². The summed E-state index contributed by atoms with van der Waals surface area (Å²) in [5.74, 6) is 0.963. The van der Waals surface area contributed by atoms with Crippen LogP contribution in [0.4, 0.5) is 0 Å². The third-order valence-corrected chi connectivity index (χ3v) is 4.38. The van der Waals surface area contributed by atoms with Gasteiger partial charge in [0, 0.05) is 6.61 Å². The summed E-state index contributed by atoms with van der Waals surface area (Å²) in [7, 11) is 0. The van der Waals surface area contributed by atoms with Crippen molar-refractivity contribution in [1.29, 1.82) is 0 Å². The molecule has 0 aliphatic heterocycles. The Bertz CT molecular complexity index is 395. The monoisotopic (exact) mass is 232 g/mol. The number of aliphatic hydroxyl groups excluding tert-OH is 1. The van der Waals surface area contributed by atoms with Gasteiger partial charge in [0.25, 0.3) is 0 Å². The molecule has 1 saturated carbocycles. The van der Waals surface area contributed by atoms with Gasteiger partial charge in [0.2, 0.25) is 0 Å². The lowest BCUT2D eigenvalue weighted by atomic mass is 9.86. The normalized spacial score (nSPS) is 26.9. The van der Waals surface area contributed by atoms with E-state index >= 15 is 0 Å². The lowest BCUT2D eigenvalue weighted by molar-refractivity contribution is 0.257. The van der Waals surface area contributed by atoms with Crippen LogP contribution in [0.5, 0.6) is 0 Å². The van der Waals surface area contributed by atoms with Gasteiger partial charge in [-0.3, -0.25) is 0 Å². The van der Waals surface area contributed by atoms with E-state index in [1.807, 2.05) is 0 Å². The molecule has 1 aromatic rings. The number of benzene rings is 1. The van der Waals surface area contributed by atoms with Crippen molar-refractivity contribution in [3.8, 4) is 0 Å². The molecule has 94 valence electrons. The molecule has 2 unspecified atom stereocenters. The van der Waals surface area contributed by atoms with Gasteiger partial charge in [0.1, 0.15) is 0 Å². The maximum atomic E-state index is 9.36. The van der Waals surface area contributed by atoms with Crippen molar-refractivity contribution in [2.24, 2.45) is 11.3 Å². The number of aliphatic hydroxyl groups is 1. The van der Waals surface area contributed by atoms with E-state index in [9.17, 15) is 5.11 Å². The van der Waals surface area contributed by atoms with Crippen LogP contribution in [0, 0.1) is 11.3 Å². The molecule has 1 fully saturated rings. The van der Waals surface area contributed by atoms with Crippen molar-refractivity contribution in [3.05, 3.63) is 35.4 Å². The van der Waals surface area contributed by atoms with Gasteiger partial charge in [-0.1, -0.05) is 58.9 Å². The highest BCUT2D eigenvalue weighted by Gasteiger charge is 2.57. The van der Waals surface area contributed by atoms with Crippen molar-refractivity contribution in [2.75, 3.05) is 6.61 Å². The first kappa shape index (κ1) is 12.6. The second-order valence-corrected chi connectivity index (χ2v) is 6.96. The highest BCUT2D eigenvalue weighted by molar-refractivity contribution is 5.35. The van der Waals surface area contributed by atoms with Gasteiger partial charge in [0.15, 0.2) is 0 Å². The summed E-state index contributed by atoms with van der Waals surface area (Å²) in [6.07, 6.45) is 0. The zero-order valence-corrected chi connectivity index (χ0v) is 11.6. The van der Waals surface area contributed by atoms with E-state index in [0.717, 1.165) is 0 Å². The van der Waals surface area contributed by atoms with Gasteiger partial charge in [-0.05, 0) is 33.8 Å². The average Bonchev–Trinajstić information content (AvgIpc) is 2.79. The van der Waals surface area contributed by atoms with Crippen molar-refractivity contribution in [1.82, 2.24) is 0 Å². The molecule has 0 aromatic heterocycles. The van der Waals surface area contributed by atoms with Gasteiger partial charge >= 0.3 is 0 Å². The highest BCUT2D eigenvalue weighted by atomic mass is 16.3. The Morgan fingerprint density at radius 2 is 1.65 bits per heavy atom. The van der Waals surface area contributed by atoms with E-state index in [1.165, 1.54) is 11.1 Å². The summed E-state index contributed by atoms with van der Waals surface area (Å²) < 4.78 is 0. The van der Waals surface area contributed by atoms with E-state index in [1.54, 1.807) is 0 Å². The molecule has 1 aliphatic rings. The quantitative estimate of drug-likeness (QED) is 0.824. The maximum absolute atomic E-state index is 9.36. The number of hydrogen-bond donors (Lipinski definition) is 1. The number of hydrogen-bond acceptors (Lipinski definition) is 1. The predicted octanol–water partition coefficient (Wildman–Crippen LogP) is 3.72. The lowest BCUT2D eigenvalue weighted by Gasteiger charge is -2.19. The van der Waals surface area contributed by atoms with Gasteiger partial charge in [0.05, 0.1) is 0 Å². The molecule has 1 aromatic carbocycles. The molecule has 1 N–H and O–H groups in total. The Morgan fingerprint density at radius 1 is 1.12 bits per heavy atom. The van der Waals surface area contributed by atoms with E-state index in [2.05, 4.69) is 58.9 Å². The molecular formula is C16H24O. The Balaban J connectivity index is 2.21. The number of rotatable bonds is 2. The van der Waals surface area contributed by atoms with Crippen LogP contribution in [0.15, 0.2) is 24.3 Å². The van der Waals surface area contributed by atoms with E-state index in [-0.39, 0.29) is 10.8 Å². The third-order valence-electron chi connectivity index (χ3n) is 4.38. The molecule has 0 amide bonds. The van der Waals surface area contributed by atoms with Crippen LogP contribution >= 0.6 is 0 Å². The smallest absolute Gasteiger partial charge is 0.0470 e. The SMILES string of the molecule is CC(C)(C)c1ccc(C2C(CO)C2(C)C)cc1. The predicted molar refractivity (Wildman–Crippen MR) is 72.2 cm³/mol. The molecule has 0 saturated heterocycles. The molecular weight excluding hydrogens is 208 g/mol. The minimum atomic E-state index is 0.216. The van der Waals surface area contributed by atoms with E-state index < -0.39 is 0 Å². The first-order valence-electron chi connectivity index (χ1n) is 6.50. The fourth-order valence-corrected chi connectivity index (χ4v) is 2.94. The zero-order valence-electron chi connectivity index (χ0n) is 11.6. The molecule has 1 heteroatoms. The molecule has 1 aliphatic carbocycles. The fourth-order valence-electron chi connectivity index (χ4n) is 2.94. The summed E-state index contributed by atoms with van der Waals surface area (Å²) in [6.45, 7) is 11.5. The molecule has 0 spiro atoms. The van der Waals surface area contributed by atoms with Crippen LogP contribution in [0.25, 0.3) is 0 Å². The molecule has 2 rings (SSSR count). The van der Waals surface area contributed by atoms with Crippen LogP contribution < -0.4 is 0 Å². The molecule has 0 radical (unpaired) electrons. The van der Waals surface area contributed by atoms with Gasteiger partial charge in [-0.15, -0.1) is 0 Å². The second-order valence-electron chi connectivity index (χ2n) is 6.96. The molecule has 0 heterocycles. The van der Waals surface area contributed by atoms with Crippen LogP contribution in [0.1, 0.15) is 51.7 Å². The average molecular weight is 232 g/mol. The van der Waals surface area contributed by atoms with Crippen molar-refractivity contribution in [2.45, 2.75) is 46.0 Å². The van der Waals surface area contributed by atoms with Crippen molar-refractivity contribution in [3.63, 3.8) is 0 Å². The summed E-state index contributed by atoms with van der Waals surface area (Å²) in [5.41, 5.74) is 3.23. The maximum Gasteiger partial charge on any atom is 0.0470 e. The first-order valence-corrected chi connectivity index (χ1v) is 6.50. The first-order chi connectivity index (χ1) is 7.78. The Morgan fingerprint density at radius 3 is 2.00 bits per heavy atom. The van der Waals surface area contributed by atoms with Crippen molar-refractivity contribution < 1.29 is 5.11 Å². The highest BCUT2D eigenvalue weighted by Crippen LogP contribution is 2.64. The van der Waals surface area contributed by atoms with Crippen LogP contribution in [-0.4, -0.2) is 11.7 Å². The van der Waals surface area contributed by atoms with E-state index in [0.29, 0.717) is 18.4 Å². The van der Waals surface area contributed by atoms with Crippen LogP contribution in [0.2, 0.25) is 0 Å². The third kappa shape index (κ3) is 2.13. The molecule has 17 heavy (non-hydrogen) atoms. The minimum Gasteiger partial charge on any atom is -0.396 e. The molecule has 1 nitrogen and oxygen atoms in total. The Labute approximate surface area is 105 Å². The van der Waals surface area contributed by atoms with Crippen molar-refractivity contribution >= 4 is 0 Å². The standard InChI is InChI=1S/C16H24O/c1-15(2,3)12-8-6-11(7-9-12)14-13(10-17)16(14,4)5/h6-9,13-14,17H,10H2,1-5H3.